The van der Waals surface area contributed by atoms with E-state index in [9.17, 15) is 22.8 Å². The number of rotatable bonds is 2. The van der Waals surface area contributed by atoms with E-state index >= 15 is 0 Å². The summed E-state index contributed by atoms with van der Waals surface area (Å²) in [5.41, 5.74) is -0.00927. The molecular weight excluding hydrogens is 325 g/mol. The second-order valence-electron chi connectivity index (χ2n) is 5.10. The number of carbonyl (C=O) groups is 2. The molecule has 1 aliphatic heterocycles. The third kappa shape index (κ3) is 2.66. The first-order valence-electron chi connectivity index (χ1n) is 6.86. The Morgan fingerprint density at radius 1 is 1.17 bits per heavy atom. The lowest BCUT2D eigenvalue weighted by Crippen LogP contribution is -2.35. The van der Waals surface area contributed by atoms with Gasteiger partial charge < -0.3 is 15.0 Å². The predicted octanol–water partition coefficient (Wildman–Crippen LogP) is 2.71. The molecule has 2 aromatic carbocycles. The molecule has 0 saturated heterocycles. The smallest absolute Gasteiger partial charge is 0.264 e. The zero-order chi connectivity index (χ0) is 17.4. The van der Waals surface area contributed by atoms with E-state index in [0.29, 0.717) is 17.5 Å². The Morgan fingerprint density at radius 3 is 2.67 bits per heavy atom. The number of likely N-dealkylation sites (N-methyl/N-ethyl adjacent to an activating group) is 1. The highest BCUT2D eigenvalue weighted by Crippen LogP contribution is 2.32. The van der Waals surface area contributed by atoms with Gasteiger partial charge in [-0.15, -0.1) is 0 Å². The average Bonchev–Trinajstić information content (AvgIpc) is 2.58. The number of amides is 2. The molecule has 5 nitrogen and oxygen atoms in total. The van der Waals surface area contributed by atoms with Crippen LogP contribution in [0.15, 0.2) is 30.3 Å². The summed E-state index contributed by atoms with van der Waals surface area (Å²) in [6, 6.07) is 5.92. The number of nitrogens with one attached hydrogen (secondary N) is 1. The van der Waals surface area contributed by atoms with E-state index in [1.54, 1.807) is 0 Å². The average molecular weight is 336 g/mol. The van der Waals surface area contributed by atoms with Gasteiger partial charge >= 0.3 is 0 Å². The molecule has 0 radical (unpaired) electrons. The molecule has 3 rings (SSSR count). The number of halogens is 3. The van der Waals surface area contributed by atoms with Gasteiger partial charge in [0.25, 0.3) is 11.8 Å². The molecule has 0 spiro atoms. The molecule has 0 saturated carbocycles. The number of nitrogens with zero attached hydrogens (tertiary/aromatic N) is 1. The topological polar surface area (TPSA) is 58.6 Å². The van der Waals surface area contributed by atoms with Crippen molar-refractivity contribution in [2.45, 2.75) is 0 Å². The fraction of sp³-hybridized carbons (Fsp3) is 0.125. The van der Waals surface area contributed by atoms with Crippen LogP contribution in [0.2, 0.25) is 0 Å². The van der Waals surface area contributed by atoms with Gasteiger partial charge in [-0.3, -0.25) is 9.59 Å². The molecule has 0 aromatic heterocycles. The number of hydrogen-bond donors (Lipinski definition) is 1. The van der Waals surface area contributed by atoms with Crippen molar-refractivity contribution in [3.8, 4) is 5.75 Å². The third-order valence-corrected chi connectivity index (χ3v) is 3.59. The minimum absolute atomic E-state index is 0.100. The molecule has 0 bridgehead atoms. The number of ether oxygens (including phenoxy) is 1. The zero-order valence-corrected chi connectivity index (χ0v) is 12.4. The summed E-state index contributed by atoms with van der Waals surface area (Å²) in [6.07, 6.45) is 0. The quantitative estimate of drug-likeness (QED) is 0.858. The SMILES string of the molecule is CN1C(=O)COc2ccc(C(=O)Nc3ccc(F)c(F)c3F)cc21. The first kappa shape index (κ1) is 15.9. The summed E-state index contributed by atoms with van der Waals surface area (Å²) in [6.45, 7) is -0.102. The van der Waals surface area contributed by atoms with Crippen LogP contribution in [-0.2, 0) is 4.79 Å². The number of carbonyl (C=O) groups excluding carboxylic acids is 2. The fourth-order valence-electron chi connectivity index (χ4n) is 2.23. The van der Waals surface area contributed by atoms with Crippen LogP contribution in [0.5, 0.6) is 5.75 Å². The largest absolute Gasteiger partial charge is 0.482 e. The van der Waals surface area contributed by atoms with Crippen molar-refractivity contribution in [1.82, 2.24) is 0 Å². The first-order valence-corrected chi connectivity index (χ1v) is 6.86. The van der Waals surface area contributed by atoms with Crippen LogP contribution in [0.4, 0.5) is 24.5 Å². The van der Waals surface area contributed by atoms with Crippen molar-refractivity contribution in [2.75, 3.05) is 23.9 Å². The highest BCUT2D eigenvalue weighted by Gasteiger charge is 2.24. The Kier molecular flexibility index (Phi) is 3.88. The molecule has 0 unspecified atom stereocenters. The van der Waals surface area contributed by atoms with Gasteiger partial charge in [-0.2, -0.15) is 0 Å². The van der Waals surface area contributed by atoms with Crippen LogP contribution in [-0.4, -0.2) is 25.5 Å². The van der Waals surface area contributed by atoms with Gasteiger partial charge in [-0.25, -0.2) is 13.2 Å². The molecule has 0 aliphatic carbocycles. The van der Waals surface area contributed by atoms with E-state index in [1.807, 2.05) is 0 Å². The number of benzene rings is 2. The minimum Gasteiger partial charge on any atom is -0.482 e. The Balaban J connectivity index is 1.89. The minimum atomic E-state index is -1.67. The van der Waals surface area contributed by atoms with Gasteiger partial charge in [0.1, 0.15) is 5.75 Å². The van der Waals surface area contributed by atoms with E-state index in [0.717, 1.165) is 6.07 Å². The lowest BCUT2D eigenvalue weighted by Gasteiger charge is -2.26. The molecule has 24 heavy (non-hydrogen) atoms. The van der Waals surface area contributed by atoms with E-state index < -0.39 is 29.0 Å². The van der Waals surface area contributed by atoms with Gasteiger partial charge in [0.2, 0.25) is 0 Å². The molecule has 0 atom stereocenters. The number of fused-ring (bicyclic) bond motifs is 1. The summed E-state index contributed by atoms with van der Waals surface area (Å²) >= 11 is 0. The molecule has 124 valence electrons. The summed E-state index contributed by atoms with van der Waals surface area (Å²) in [4.78, 5) is 25.1. The van der Waals surface area contributed by atoms with Gasteiger partial charge in [-0.1, -0.05) is 0 Å². The van der Waals surface area contributed by atoms with E-state index in [4.69, 9.17) is 4.74 Å². The van der Waals surface area contributed by atoms with Crippen LogP contribution in [0.25, 0.3) is 0 Å². The van der Waals surface area contributed by atoms with E-state index in [-0.39, 0.29) is 18.1 Å². The first-order chi connectivity index (χ1) is 11.4. The van der Waals surface area contributed by atoms with E-state index in [2.05, 4.69) is 5.32 Å². The molecule has 0 fully saturated rings. The molecule has 8 heteroatoms. The van der Waals surface area contributed by atoms with Crippen LogP contribution in [0, 0.1) is 17.5 Å². The van der Waals surface area contributed by atoms with Crippen molar-refractivity contribution < 1.29 is 27.5 Å². The number of hydrogen-bond acceptors (Lipinski definition) is 3. The summed E-state index contributed by atoms with van der Waals surface area (Å²) < 4.78 is 45.0. The molecule has 1 N–H and O–H groups in total. The van der Waals surface area contributed by atoms with Crippen molar-refractivity contribution in [1.29, 1.82) is 0 Å². The molecule has 2 aromatic rings. The zero-order valence-electron chi connectivity index (χ0n) is 12.4. The maximum atomic E-state index is 13.6. The maximum Gasteiger partial charge on any atom is 0.264 e. The second-order valence-corrected chi connectivity index (χ2v) is 5.10. The van der Waals surface area contributed by atoms with Crippen molar-refractivity contribution >= 4 is 23.2 Å². The van der Waals surface area contributed by atoms with Crippen LogP contribution in [0.1, 0.15) is 10.4 Å². The van der Waals surface area contributed by atoms with E-state index in [1.165, 1.54) is 30.1 Å². The third-order valence-electron chi connectivity index (χ3n) is 3.59. The van der Waals surface area contributed by atoms with Gasteiger partial charge in [-0.05, 0) is 30.3 Å². The highest BCUT2D eigenvalue weighted by molar-refractivity contribution is 6.06. The Morgan fingerprint density at radius 2 is 1.92 bits per heavy atom. The molecular formula is C16H11F3N2O3. The van der Waals surface area contributed by atoms with Gasteiger partial charge in [0.15, 0.2) is 24.1 Å². The van der Waals surface area contributed by atoms with Crippen molar-refractivity contribution in [2.24, 2.45) is 0 Å². The number of anilines is 2. The van der Waals surface area contributed by atoms with Gasteiger partial charge in [0.05, 0.1) is 11.4 Å². The monoisotopic (exact) mass is 336 g/mol. The van der Waals surface area contributed by atoms with Crippen LogP contribution < -0.4 is 15.0 Å². The lowest BCUT2D eigenvalue weighted by atomic mass is 10.1. The Bertz CT molecular complexity index is 855. The van der Waals surface area contributed by atoms with Crippen molar-refractivity contribution in [3.05, 3.63) is 53.3 Å². The standard InChI is InChI=1S/C16H11F3N2O3/c1-21-11-6-8(2-5-12(11)24-7-13(21)22)16(23)20-10-4-3-9(17)14(18)15(10)19/h2-6H,7H2,1H3,(H,20,23). The fourth-order valence-corrected chi connectivity index (χ4v) is 2.23. The molecule has 1 heterocycles. The summed E-state index contributed by atoms with van der Waals surface area (Å²) in [5, 5.41) is 2.16. The summed E-state index contributed by atoms with van der Waals surface area (Å²) in [7, 11) is 1.53. The van der Waals surface area contributed by atoms with Crippen LogP contribution in [0.3, 0.4) is 0 Å². The van der Waals surface area contributed by atoms with Crippen LogP contribution >= 0.6 is 0 Å². The lowest BCUT2D eigenvalue weighted by molar-refractivity contribution is -0.120. The van der Waals surface area contributed by atoms with Gasteiger partial charge in [0, 0.05) is 12.6 Å². The Hall–Kier alpha value is -3.03. The van der Waals surface area contributed by atoms with Crippen molar-refractivity contribution in [3.63, 3.8) is 0 Å². The highest BCUT2D eigenvalue weighted by atomic mass is 19.2. The normalized spacial score (nSPS) is 13.3. The molecule has 1 aliphatic rings. The molecule has 2 amide bonds. The predicted molar refractivity (Wildman–Crippen MR) is 79.6 cm³/mol. The Labute approximate surface area is 134 Å². The maximum absolute atomic E-state index is 13.6. The second kappa shape index (κ2) is 5.88. The summed E-state index contributed by atoms with van der Waals surface area (Å²) in [5.74, 6) is -5.11.